The number of hydrogen-bond acceptors (Lipinski definition) is 5. The van der Waals surface area contributed by atoms with Crippen LogP contribution >= 0.6 is 0 Å². The third-order valence-corrected chi connectivity index (χ3v) is 8.11. The zero-order chi connectivity index (χ0) is 26.4. The van der Waals surface area contributed by atoms with Gasteiger partial charge in [-0.1, -0.05) is 61.1 Å². The van der Waals surface area contributed by atoms with Gasteiger partial charge in [0.1, 0.15) is 0 Å². The van der Waals surface area contributed by atoms with Gasteiger partial charge in [0.15, 0.2) is 0 Å². The first-order chi connectivity index (χ1) is 17.8. The standard InChI is InChI=1S/C31H45NO5/c1-20-12-13-36-25(15-20)10-11-29(33)28-19-23-18-27(23)30(34)17-22(3)14-21(2)16-26-8-4-6-24(37-26)7-5-9-31(35)32-28/h4-6,9-12,21,23-30,33-34H,3,7-8,13-19H2,1-2H3,(H,32,35)/b9-5-,11-10+/t21-,23?,24-,25+,26-,27+,28-,29-,30-/m0/s1. The van der Waals surface area contributed by atoms with Gasteiger partial charge in [-0.2, -0.15) is 0 Å². The van der Waals surface area contributed by atoms with Crippen LogP contribution in [0.2, 0.25) is 0 Å². The molecule has 1 saturated carbocycles. The molecule has 6 heteroatoms. The highest BCUT2D eigenvalue weighted by Gasteiger charge is 2.44. The lowest BCUT2D eigenvalue weighted by atomic mass is 9.90. The van der Waals surface area contributed by atoms with E-state index in [1.165, 1.54) is 5.57 Å². The average Bonchev–Trinajstić information content (AvgIpc) is 3.61. The molecule has 1 amide bonds. The van der Waals surface area contributed by atoms with Gasteiger partial charge >= 0.3 is 0 Å². The van der Waals surface area contributed by atoms with Crippen molar-refractivity contribution in [2.45, 2.75) is 102 Å². The van der Waals surface area contributed by atoms with Crippen LogP contribution in [0.25, 0.3) is 0 Å². The third-order valence-electron chi connectivity index (χ3n) is 8.11. The van der Waals surface area contributed by atoms with E-state index >= 15 is 0 Å². The van der Waals surface area contributed by atoms with Crippen molar-refractivity contribution in [3.8, 4) is 0 Å². The smallest absolute Gasteiger partial charge is 0.243 e. The van der Waals surface area contributed by atoms with E-state index in [9.17, 15) is 15.0 Å². The zero-order valence-corrected chi connectivity index (χ0v) is 22.4. The molecular formula is C31H45NO5. The van der Waals surface area contributed by atoms with E-state index < -0.39 is 18.2 Å². The minimum absolute atomic E-state index is 0.0385. The molecule has 1 fully saturated rings. The molecule has 0 radical (unpaired) electrons. The van der Waals surface area contributed by atoms with E-state index in [1.54, 1.807) is 12.2 Å². The SMILES string of the molecule is C=C1C[C@H](C)C[C@@H]2CC=C[C@@H](C/C=C\C(=O)N[C@H]([C@@H](O)/C=C/[C@@H]3CC(C)=CCO3)CC3C[C@H]3[C@@H](O)C1)O2. The molecule has 3 aliphatic heterocycles. The predicted octanol–water partition coefficient (Wildman–Crippen LogP) is 4.55. The summed E-state index contributed by atoms with van der Waals surface area (Å²) in [6.45, 7) is 9.15. The molecule has 37 heavy (non-hydrogen) atoms. The lowest BCUT2D eigenvalue weighted by Crippen LogP contribution is -2.42. The first-order valence-electron chi connectivity index (χ1n) is 14.0. The highest BCUT2D eigenvalue weighted by Crippen LogP contribution is 2.46. The fourth-order valence-corrected chi connectivity index (χ4v) is 6.00. The quantitative estimate of drug-likeness (QED) is 0.484. The maximum Gasteiger partial charge on any atom is 0.243 e. The van der Waals surface area contributed by atoms with Crippen LogP contribution in [0, 0.1) is 17.8 Å². The lowest BCUT2D eigenvalue weighted by Gasteiger charge is -2.28. The van der Waals surface area contributed by atoms with E-state index in [-0.39, 0.29) is 36.1 Å². The molecule has 2 bridgehead atoms. The van der Waals surface area contributed by atoms with Crippen LogP contribution in [0.1, 0.15) is 65.2 Å². The van der Waals surface area contributed by atoms with E-state index in [4.69, 9.17) is 9.47 Å². The van der Waals surface area contributed by atoms with Crippen molar-refractivity contribution in [2.75, 3.05) is 6.61 Å². The molecule has 1 aliphatic carbocycles. The van der Waals surface area contributed by atoms with E-state index in [2.05, 4.69) is 44.0 Å². The van der Waals surface area contributed by atoms with Crippen molar-refractivity contribution >= 4 is 5.91 Å². The average molecular weight is 512 g/mol. The zero-order valence-electron chi connectivity index (χ0n) is 22.4. The van der Waals surface area contributed by atoms with E-state index in [0.717, 1.165) is 37.7 Å². The third kappa shape index (κ3) is 8.78. The van der Waals surface area contributed by atoms with Gasteiger partial charge < -0.3 is 25.0 Å². The number of amides is 1. The number of carbonyl (C=O) groups excluding carboxylic acids is 1. The Morgan fingerprint density at radius 1 is 1.16 bits per heavy atom. The minimum Gasteiger partial charge on any atom is -0.392 e. The molecule has 6 nitrogen and oxygen atoms in total. The highest BCUT2D eigenvalue weighted by molar-refractivity contribution is 5.87. The summed E-state index contributed by atoms with van der Waals surface area (Å²) in [7, 11) is 0. The Bertz CT molecular complexity index is 921. The molecule has 0 saturated heterocycles. The maximum atomic E-state index is 12.8. The Hall–Kier alpha value is -1.99. The van der Waals surface area contributed by atoms with Crippen molar-refractivity contribution in [3.05, 3.63) is 60.3 Å². The van der Waals surface area contributed by atoms with Crippen molar-refractivity contribution in [3.63, 3.8) is 0 Å². The van der Waals surface area contributed by atoms with Gasteiger partial charge in [-0.05, 0) is 82.1 Å². The Morgan fingerprint density at radius 3 is 2.81 bits per heavy atom. The molecule has 0 spiro atoms. The van der Waals surface area contributed by atoms with Gasteiger partial charge in [0, 0.05) is 0 Å². The molecule has 4 rings (SSSR count). The molecule has 9 atom stereocenters. The number of fused-ring (bicyclic) bond motifs is 3. The summed E-state index contributed by atoms with van der Waals surface area (Å²) in [6.07, 6.45) is 18.5. The van der Waals surface area contributed by atoms with Gasteiger partial charge in [0.05, 0.1) is 43.2 Å². The Morgan fingerprint density at radius 2 is 2.00 bits per heavy atom. The van der Waals surface area contributed by atoms with Gasteiger partial charge in [-0.25, -0.2) is 0 Å². The number of ether oxygens (including phenoxy) is 2. The fraction of sp³-hybridized carbons (Fsp3) is 0.645. The van der Waals surface area contributed by atoms with Crippen molar-refractivity contribution in [1.29, 1.82) is 0 Å². The van der Waals surface area contributed by atoms with Crippen molar-refractivity contribution in [1.82, 2.24) is 5.32 Å². The number of aliphatic hydroxyl groups excluding tert-OH is 2. The predicted molar refractivity (Wildman–Crippen MR) is 146 cm³/mol. The van der Waals surface area contributed by atoms with Gasteiger partial charge in [0.2, 0.25) is 5.91 Å². The monoisotopic (exact) mass is 511 g/mol. The van der Waals surface area contributed by atoms with Crippen molar-refractivity contribution in [2.24, 2.45) is 17.8 Å². The summed E-state index contributed by atoms with van der Waals surface area (Å²) >= 11 is 0. The first-order valence-corrected chi connectivity index (χ1v) is 14.0. The molecular weight excluding hydrogens is 466 g/mol. The Kier molecular flexibility index (Phi) is 9.99. The molecule has 0 aromatic rings. The number of carbonyl (C=O) groups is 1. The van der Waals surface area contributed by atoms with E-state index in [0.29, 0.717) is 31.8 Å². The largest absolute Gasteiger partial charge is 0.392 e. The van der Waals surface area contributed by atoms with Gasteiger partial charge in [-0.3, -0.25) is 4.79 Å². The summed E-state index contributed by atoms with van der Waals surface area (Å²) in [5.41, 5.74) is 2.36. The van der Waals surface area contributed by atoms with Gasteiger partial charge in [-0.15, -0.1) is 0 Å². The molecule has 0 aromatic heterocycles. The summed E-state index contributed by atoms with van der Waals surface area (Å²) in [5, 5.41) is 24.9. The minimum atomic E-state index is -0.836. The van der Waals surface area contributed by atoms with Crippen LogP contribution in [-0.4, -0.2) is 59.3 Å². The second kappa shape index (κ2) is 13.2. The summed E-state index contributed by atoms with van der Waals surface area (Å²) in [5.74, 6) is 0.665. The fourth-order valence-electron chi connectivity index (χ4n) is 6.00. The molecule has 204 valence electrons. The summed E-state index contributed by atoms with van der Waals surface area (Å²) in [6, 6.07) is -0.437. The molecule has 3 heterocycles. The second-order valence-corrected chi connectivity index (χ2v) is 11.7. The van der Waals surface area contributed by atoms with E-state index in [1.807, 2.05) is 12.2 Å². The van der Waals surface area contributed by atoms with Crippen LogP contribution in [-0.2, 0) is 14.3 Å². The highest BCUT2D eigenvalue weighted by atomic mass is 16.5. The molecule has 1 unspecified atom stereocenters. The lowest BCUT2D eigenvalue weighted by molar-refractivity contribution is -0.117. The van der Waals surface area contributed by atoms with Crippen LogP contribution < -0.4 is 5.32 Å². The summed E-state index contributed by atoms with van der Waals surface area (Å²) < 4.78 is 12.0. The number of hydrogen-bond donors (Lipinski definition) is 3. The number of rotatable bonds is 3. The van der Waals surface area contributed by atoms with Crippen LogP contribution in [0.15, 0.2) is 60.3 Å². The maximum absolute atomic E-state index is 12.8. The second-order valence-electron chi connectivity index (χ2n) is 11.7. The first kappa shape index (κ1) is 28.0. The Labute approximate surface area is 222 Å². The van der Waals surface area contributed by atoms with Crippen LogP contribution in [0.3, 0.4) is 0 Å². The molecule has 0 aromatic carbocycles. The topological polar surface area (TPSA) is 88.0 Å². The van der Waals surface area contributed by atoms with Crippen molar-refractivity contribution < 1.29 is 24.5 Å². The molecule has 3 N–H and O–H groups in total. The normalized spacial score (nSPS) is 39.6. The number of aliphatic hydroxyl groups is 2. The Balaban J connectivity index is 1.44. The summed E-state index contributed by atoms with van der Waals surface area (Å²) in [4.78, 5) is 12.8. The molecule has 4 aliphatic rings. The number of nitrogens with one attached hydrogen (secondary N) is 1. The van der Waals surface area contributed by atoms with Gasteiger partial charge in [0.25, 0.3) is 0 Å². The van der Waals surface area contributed by atoms with Crippen LogP contribution in [0.4, 0.5) is 0 Å². The van der Waals surface area contributed by atoms with Crippen LogP contribution in [0.5, 0.6) is 0 Å².